The first-order chi connectivity index (χ1) is 13.6. The number of nitrogens with zero attached hydrogens (tertiary/aromatic N) is 1. The molecule has 0 saturated heterocycles. The van der Waals surface area contributed by atoms with Crippen LogP contribution in [0.3, 0.4) is 0 Å². The summed E-state index contributed by atoms with van der Waals surface area (Å²) in [6, 6.07) is 12.8. The predicted molar refractivity (Wildman–Crippen MR) is 110 cm³/mol. The first-order valence-electron chi connectivity index (χ1n) is 9.56. The number of hydrogen-bond donors (Lipinski definition) is 2. The number of hydrogen-bond acceptors (Lipinski definition) is 5. The van der Waals surface area contributed by atoms with Crippen molar-refractivity contribution >= 4 is 10.9 Å². The van der Waals surface area contributed by atoms with Gasteiger partial charge in [0.1, 0.15) is 17.7 Å². The molecule has 2 N–H and O–H groups in total. The average Bonchev–Trinajstić information content (AvgIpc) is 2.73. The van der Waals surface area contributed by atoms with Gasteiger partial charge in [-0.3, -0.25) is 4.79 Å². The molecule has 2 unspecified atom stereocenters. The molecule has 0 saturated carbocycles. The smallest absolute Gasteiger partial charge is 0.259 e. The Bertz CT molecular complexity index is 999. The van der Waals surface area contributed by atoms with E-state index in [2.05, 4.69) is 4.98 Å². The molecule has 0 radical (unpaired) electrons. The number of aromatic nitrogens is 2. The fourth-order valence-corrected chi connectivity index (χ4v) is 3.25. The van der Waals surface area contributed by atoms with Crippen LogP contribution in [0.15, 0.2) is 47.3 Å². The van der Waals surface area contributed by atoms with E-state index >= 15 is 0 Å². The van der Waals surface area contributed by atoms with Gasteiger partial charge in [0, 0.05) is 12.7 Å². The van der Waals surface area contributed by atoms with Gasteiger partial charge in [-0.15, -0.1) is 0 Å². The van der Waals surface area contributed by atoms with Gasteiger partial charge in [-0.05, 0) is 31.0 Å². The second-order valence-corrected chi connectivity index (χ2v) is 6.63. The van der Waals surface area contributed by atoms with Crippen LogP contribution in [0.4, 0.5) is 0 Å². The molecule has 6 nitrogen and oxygen atoms in total. The highest BCUT2D eigenvalue weighted by atomic mass is 16.5. The van der Waals surface area contributed by atoms with Crippen LogP contribution in [0.1, 0.15) is 38.4 Å². The van der Waals surface area contributed by atoms with Crippen molar-refractivity contribution in [3.8, 4) is 17.1 Å². The Balaban J connectivity index is 2.20. The molecule has 0 fully saturated rings. The maximum Gasteiger partial charge on any atom is 0.259 e. The molecule has 6 heteroatoms. The predicted octanol–water partition coefficient (Wildman–Crippen LogP) is 3.84. The van der Waals surface area contributed by atoms with Gasteiger partial charge in [-0.1, -0.05) is 38.1 Å². The summed E-state index contributed by atoms with van der Waals surface area (Å²) in [4.78, 5) is 20.4. The van der Waals surface area contributed by atoms with Crippen molar-refractivity contribution in [3.05, 3.63) is 58.4 Å². The van der Waals surface area contributed by atoms with Gasteiger partial charge in [-0.2, -0.15) is 0 Å². The van der Waals surface area contributed by atoms with Crippen molar-refractivity contribution in [2.75, 3.05) is 13.7 Å². The number of nitrogens with one attached hydrogen (secondary N) is 1. The molecule has 3 rings (SSSR count). The first-order valence-corrected chi connectivity index (χ1v) is 9.56. The van der Waals surface area contributed by atoms with Crippen molar-refractivity contribution in [1.29, 1.82) is 0 Å². The summed E-state index contributed by atoms with van der Waals surface area (Å²) in [5.41, 5.74) is 1.68. The SMILES string of the molecule is CCCOc1ccccc1-c1nc2c(C(OC)C(O)CC)cccc2c(=O)[nH]1. The minimum Gasteiger partial charge on any atom is -0.493 e. The van der Waals surface area contributed by atoms with Crippen LogP contribution in [0.5, 0.6) is 5.75 Å². The normalized spacial score (nSPS) is 13.4. The van der Waals surface area contributed by atoms with E-state index in [0.717, 1.165) is 12.0 Å². The number of aliphatic hydroxyl groups excluding tert-OH is 1. The molecule has 3 aromatic rings. The Kier molecular flexibility index (Phi) is 6.44. The third-order valence-electron chi connectivity index (χ3n) is 4.70. The van der Waals surface area contributed by atoms with Crippen molar-refractivity contribution in [3.63, 3.8) is 0 Å². The molecule has 0 aliphatic heterocycles. The van der Waals surface area contributed by atoms with Crippen molar-refractivity contribution in [1.82, 2.24) is 9.97 Å². The highest BCUT2D eigenvalue weighted by Gasteiger charge is 2.23. The van der Waals surface area contributed by atoms with Crippen LogP contribution in [0, 0.1) is 0 Å². The maximum atomic E-state index is 12.8. The van der Waals surface area contributed by atoms with Crippen LogP contribution in [-0.4, -0.2) is 34.9 Å². The lowest BCUT2D eigenvalue weighted by Gasteiger charge is -2.22. The second-order valence-electron chi connectivity index (χ2n) is 6.63. The number of methoxy groups -OCH3 is 1. The van der Waals surface area contributed by atoms with Crippen molar-refractivity contribution < 1.29 is 14.6 Å². The summed E-state index contributed by atoms with van der Waals surface area (Å²) in [6.07, 6.45) is 0.145. The van der Waals surface area contributed by atoms with Crippen molar-refractivity contribution in [2.24, 2.45) is 0 Å². The molecule has 0 spiro atoms. The molecule has 2 atom stereocenters. The number of ether oxygens (including phenoxy) is 2. The molecule has 0 bridgehead atoms. The number of H-pyrrole nitrogens is 1. The number of benzene rings is 2. The van der Waals surface area contributed by atoms with Crippen LogP contribution in [0.2, 0.25) is 0 Å². The Hall–Kier alpha value is -2.70. The maximum absolute atomic E-state index is 12.8. The highest BCUT2D eigenvalue weighted by molar-refractivity contribution is 5.83. The van der Waals surface area contributed by atoms with Gasteiger partial charge >= 0.3 is 0 Å². The zero-order valence-corrected chi connectivity index (χ0v) is 16.4. The van der Waals surface area contributed by atoms with Crippen LogP contribution in [0.25, 0.3) is 22.3 Å². The molecule has 0 aliphatic carbocycles. The Morgan fingerprint density at radius 3 is 2.64 bits per heavy atom. The third-order valence-corrected chi connectivity index (χ3v) is 4.70. The lowest BCUT2D eigenvalue weighted by Crippen LogP contribution is -2.21. The molecule has 28 heavy (non-hydrogen) atoms. The summed E-state index contributed by atoms with van der Waals surface area (Å²) < 4.78 is 11.4. The standard InChI is InChI=1S/C22H26N2O4/c1-4-13-28-18-12-7-6-9-14(18)21-23-19-15(20(27-3)17(25)5-2)10-8-11-16(19)22(26)24-21/h6-12,17,20,25H,4-5,13H2,1-3H3,(H,23,24,26). The minimum absolute atomic E-state index is 0.243. The van der Waals surface area contributed by atoms with E-state index in [1.807, 2.05) is 44.2 Å². The van der Waals surface area contributed by atoms with E-state index in [1.165, 1.54) is 0 Å². The fraction of sp³-hybridized carbons (Fsp3) is 0.364. The monoisotopic (exact) mass is 382 g/mol. The Morgan fingerprint density at radius 2 is 1.93 bits per heavy atom. The lowest BCUT2D eigenvalue weighted by atomic mass is 9.99. The zero-order chi connectivity index (χ0) is 20.1. The quantitative estimate of drug-likeness (QED) is 0.618. The summed E-state index contributed by atoms with van der Waals surface area (Å²) in [6.45, 7) is 4.50. The van der Waals surface area contributed by atoms with Gasteiger partial charge in [0.2, 0.25) is 0 Å². The second kappa shape index (κ2) is 8.99. The summed E-state index contributed by atoms with van der Waals surface area (Å²) in [7, 11) is 1.55. The zero-order valence-electron chi connectivity index (χ0n) is 16.4. The summed E-state index contributed by atoms with van der Waals surface area (Å²) in [5, 5.41) is 10.8. The van der Waals surface area contributed by atoms with Gasteiger partial charge < -0.3 is 19.6 Å². The van der Waals surface area contributed by atoms with Gasteiger partial charge in [0.05, 0.1) is 29.2 Å². The average molecular weight is 382 g/mol. The molecule has 1 aromatic heterocycles. The Morgan fingerprint density at radius 1 is 1.14 bits per heavy atom. The van der Waals surface area contributed by atoms with E-state index in [9.17, 15) is 9.90 Å². The van der Waals surface area contributed by atoms with Gasteiger partial charge in [-0.25, -0.2) is 4.98 Å². The van der Waals surface area contributed by atoms with Crippen LogP contribution in [-0.2, 0) is 4.74 Å². The third kappa shape index (κ3) is 3.93. The number of aromatic amines is 1. The van der Waals surface area contributed by atoms with Gasteiger partial charge in [0.15, 0.2) is 0 Å². The van der Waals surface area contributed by atoms with E-state index in [0.29, 0.717) is 41.1 Å². The lowest BCUT2D eigenvalue weighted by molar-refractivity contribution is -0.0141. The molecule has 2 aromatic carbocycles. The molecule has 148 valence electrons. The summed E-state index contributed by atoms with van der Waals surface area (Å²) in [5.74, 6) is 1.10. The largest absolute Gasteiger partial charge is 0.493 e. The molecule has 1 heterocycles. The van der Waals surface area contributed by atoms with E-state index in [-0.39, 0.29) is 5.56 Å². The topological polar surface area (TPSA) is 84.4 Å². The Labute approximate surface area is 164 Å². The van der Waals surface area contributed by atoms with Gasteiger partial charge in [0.25, 0.3) is 5.56 Å². The minimum atomic E-state index is -0.694. The first kappa shape index (κ1) is 20.0. The molecular formula is C22H26N2O4. The van der Waals surface area contributed by atoms with E-state index < -0.39 is 12.2 Å². The highest BCUT2D eigenvalue weighted by Crippen LogP contribution is 2.31. The molecule has 0 aliphatic rings. The number of rotatable bonds is 8. The summed E-state index contributed by atoms with van der Waals surface area (Å²) >= 11 is 0. The van der Waals surface area contributed by atoms with E-state index in [4.69, 9.17) is 14.5 Å². The molecule has 0 amide bonds. The van der Waals surface area contributed by atoms with Crippen molar-refractivity contribution in [2.45, 2.75) is 38.9 Å². The number of fused-ring (bicyclic) bond motifs is 1. The van der Waals surface area contributed by atoms with Crippen LogP contribution < -0.4 is 10.3 Å². The fourth-order valence-electron chi connectivity index (χ4n) is 3.25. The van der Waals surface area contributed by atoms with Crippen LogP contribution >= 0.6 is 0 Å². The number of aliphatic hydroxyl groups is 1. The van der Waals surface area contributed by atoms with E-state index in [1.54, 1.807) is 19.2 Å². The number of para-hydroxylation sites is 2. The molecular weight excluding hydrogens is 356 g/mol.